The van der Waals surface area contributed by atoms with E-state index in [0.29, 0.717) is 25.7 Å². The van der Waals surface area contributed by atoms with Crippen molar-refractivity contribution in [1.29, 1.82) is 0 Å². The number of benzene rings is 1. The Balaban J connectivity index is 1.36. The number of carbonyl (C=O) groups excluding carboxylic acids is 1. The molecule has 132 valence electrons. The third kappa shape index (κ3) is 5.05. The minimum Gasteiger partial charge on any atom is -0.378 e. The minimum absolute atomic E-state index is 0.241. The zero-order valence-corrected chi connectivity index (χ0v) is 14.5. The lowest BCUT2D eigenvalue weighted by atomic mass is 10.0. The molecule has 4 heteroatoms. The largest absolute Gasteiger partial charge is 0.378 e. The van der Waals surface area contributed by atoms with Gasteiger partial charge in [-0.2, -0.15) is 0 Å². The van der Waals surface area contributed by atoms with Crippen LogP contribution in [0.4, 0.5) is 0 Å². The van der Waals surface area contributed by atoms with Gasteiger partial charge in [0.05, 0.1) is 25.7 Å². The average Bonchev–Trinajstić information content (AvgIpc) is 3.29. The summed E-state index contributed by atoms with van der Waals surface area (Å²) in [6, 6.07) is 10.9. The van der Waals surface area contributed by atoms with Gasteiger partial charge >= 0.3 is 0 Å². The Morgan fingerprint density at radius 3 is 2.88 bits per heavy atom. The number of carbonyl (C=O) groups is 1. The van der Waals surface area contributed by atoms with Crippen molar-refractivity contribution in [2.24, 2.45) is 0 Å². The molecule has 2 fully saturated rings. The number of amides is 1. The Hall–Kier alpha value is -1.39. The highest BCUT2D eigenvalue weighted by Gasteiger charge is 2.28. The predicted octanol–water partition coefficient (Wildman–Crippen LogP) is 3.20. The zero-order chi connectivity index (χ0) is 16.6. The van der Waals surface area contributed by atoms with Gasteiger partial charge in [0.15, 0.2) is 0 Å². The van der Waals surface area contributed by atoms with E-state index in [1.165, 1.54) is 5.56 Å². The molecule has 2 unspecified atom stereocenters. The molecule has 2 saturated heterocycles. The van der Waals surface area contributed by atoms with Gasteiger partial charge in [-0.05, 0) is 44.1 Å². The molecule has 4 nitrogen and oxygen atoms in total. The Labute approximate surface area is 145 Å². The van der Waals surface area contributed by atoms with Crippen LogP contribution < -0.4 is 0 Å². The highest BCUT2D eigenvalue weighted by atomic mass is 16.5. The third-order valence-corrected chi connectivity index (χ3v) is 5.09. The van der Waals surface area contributed by atoms with E-state index in [-0.39, 0.29) is 12.0 Å². The van der Waals surface area contributed by atoms with Crippen LogP contribution in [0.5, 0.6) is 0 Å². The fraction of sp³-hybridized carbons (Fsp3) is 0.650. The topological polar surface area (TPSA) is 38.8 Å². The van der Waals surface area contributed by atoms with Crippen molar-refractivity contribution in [2.75, 3.05) is 26.4 Å². The molecule has 2 aliphatic heterocycles. The van der Waals surface area contributed by atoms with E-state index in [0.717, 1.165) is 51.7 Å². The molecule has 2 heterocycles. The number of ether oxygens (including phenoxy) is 2. The molecule has 0 aliphatic carbocycles. The van der Waals surface area contributed by atoms with Crippen LogP contribution in [0.3, 0.4) is 0 Å². The van der Waals surface area contributed by atoms with E-state index in [1.54, 1.807) is 0 Å². The first-order valence-electron chi connectivity index (χ1n) is 9.35. The standard InChI is InChI=1S/C20H29NO3/c22-20(12-15-23-16-19-9-5-14-24-19)21-13-4-8-18(21)11-10-17-6-2-1-3-7-17/h1-3,6-7,18-19H,4-5,8-16H2. The van der Waals surface area contributed by atoms with Crippen molar-refractivity contribution >= 4 is 5.91 Å². The minimum atomic E-state index is 0.241. The van der Waals surface area contributed by atoms with E-state index in [4.69, 9.17) is 9.47 Å². The monoisotopic (exact) mass is 331 g/mol. The molecule has 0 bridgehead atoms. The Morgan fingerprint density at radius 2 is 2.08 bits per heavy atom. The van der Waals surface area contributed by atoms with Crippen molar-refractivity contribution in [3.8, 4) is 0 Å². The maximum absolute atomic E-state index is 12.5. The number of aryl methyl sites for hydroxylation is 1. The molecule has 3 rings (SSSR count). The molecule has 2 aliphatic rings. The van der Waals surface area contributed by atoms with Crippen molar-refractivity contribution in [2.45, 2.75) is 57.1 Å². The molecular weight excluding hydrogens is 302 g/mol. The van der Waals surface area contributed by atoms with Crippen LogP contribution in [-0.4, -0.2) is 49.3 Å². The van der Waals surface area contributed by atoms with Crippen LogP contribution in [-0.2, 0) is 20.7 Å². The molecule has 0 N–H and O–H groups in total. The third-order valence-electron chi connectivity index (χ3n) is 5.09. The summed E-state index contributed by atoms with van der Waals surface area (Å²) >= 11 is 0. The summed E-state index contributed by atoms with van der Waals surface area (Å²) in [5.74, 6) is 0.248. The van der Waals surface area contributed by atoms with E-state index in [1.807, 2.05) is 6.07 Å². The van der Waals surface area contributed by atoms with Gasteiger partial charge in [-0.25, -0.2) is 0 Å². The van der Waals surface area contributed by atoms with Gasteiger partial charge in [0.1, 0.15) is 0 Å². The molecule has 1 aromatic rings. The highest BCUT2D eigenvalue weighted by Crippen LogP contribution is 2.22. The summed E-state index contributed by atoms with van der Waals surface area (Å²) in [6.07, 6.45) is 7.32. The second-order valence-electron chi connectivity index (χ2n) is 6.87. The highest BCUT2D eigenvalue weighted by molar-refractivity contribution is 5.76. The van der Waals surface area contributed by atoms with Crippen LogP contribution in [0.25, 0.3) is 0 Å². The van der Waals surface area contributed by atoms with Crippen molar-refractivity contribution < 1.29 is 14.3 Å². The van der Waals surface area contributed by atoms with Crippen LogP contribution in [0.1, 0.15) is 44.1 Å². The summed E-state index contributed by atoms with van der Waals surface area (Å²) in [5.41, 5.74) is 1.36. The number of likely N-dealkylation sites (tertiary alicyclic amines) is 1. The molecular formula is C20H29NO3. The fourth-order valence-corrected chi connectivity index (χ4v) is 3.74. The fourth-order valence-electron chi connectivity index (χ4n) is 3.74. The lowest BCUT2D eigenvalue weighted by Crippen LogP contribution is -2.36. The first-order valence-corrected chi connectivity index (χ1v) is 9.35. The second kappa shape index (κ2) is 9.19. The second-order valence-corrected chi connectivity index (χ2v) is 6.87. The summed E-state index contributed by atoms with van der Waals surface area (Å²) in [4.78, 5) is 14.6. The van der Waals surface area contributed by atoms with E-state index < -0.39 is 0 Å². The SMILES string of the molecule is O=C(CCOCC1CCCO1)N1CCCC1CCc1ccccc1. The number of rotatable bonds is 8. The van der Waals surface area contributed by atoms with Gasteiger partial charge in [-0.15, -0.1) is 0 Å². The molecule has 1 aromatic carbocycles. The smallest absolute Gasteiger partial charge is 0.225 e. The predicted molar refractivity (Wildman–Crippen MR) is 93.9 cm³/mol. The van der Waals surface area contributed by atoms with Gasteiger partial charge in [0.2, 0.25) is 5.91 Å². The molecule has 2 atom stereocenters. The Kier molecular flexibility index (Phi) is 6.67. The molecule has 1 amide bonds. The number of nitrogens with zero attached hydrogens (tertiary/aromatic N) is 1. The summed E-state index contributed by atoms with van der Waals surface area (Å²) in [6.45, 7) is 2.90. The first-order chi connectivity index (χ1) is 11.8. The maximum Gasteiger partial charge on any atom is 0.225 e. The van der Waals surface area contributed by atoms with Crippen molar-refractivity contribution in [3.63, 3.8) is 0 Å². The molecule has 0 radical (unpaired) electrons. The summed E-state index contributed by atoms with van der Waals surface area (Å²) < 4.78 is 11.2. The van der Waals surface area contributed by atoms with E-state index in [9.17, 15) is 4.79 Å². The van der Waals surface area contributed by atoms with E-state index in [2.05, 4.69) is 29.2 Å². The van der Waals surface area contributed by atoms with Crippen LogP contribution in [0.15, 0.2) is 30.3 Å². The number of hydrogen-bond donors (Lipinski definition) is 0. The van der Waals surface area contributed by atoms with E-state index >= 15 is 0 Å². The number of hydrogen-bond acceptors (Lipinski definition) is 3. The van der Waals surface area contributed by atoms with Crippen LogP contribution in [0, 0.1) is 0 Å². The molecule has 0 saturated carbocycles. The van der Waals surface area contributed by atoms with Crippen LogP contribution >= 0.6 is 0 Å². The van der Waals surface area contributed by atoms with Gasteiger partial charge in [-0.3, -0.25) is 4.79 Å². The Bertz CT molecular complexity index is 499. The molecule has 0 aromatic heterocycles. The molecule has 0 spiro atoms. The maximum atomic E-state index is 12.5. The lowest BCUT2D eigenvalue weighted by Gasteiger charge is -2.25. The van der Waals surface area contributed by atoms with Gasteiger partial charge < -0.3 is 14.4 Å². The van der Waals surface area contributed by atoms with Crippen LogP contribution in [0.2, 0.25) is 0 Å². The Morgan fingerprint density at radius 1 is 1.21 bits per heavy atom. The molecule has 24 heavy (non-hydrogen) atoms. The average molecular weight is 331 g/mol. The quantitative estimate of drug-likeness (QED) is 0.687. The zero-order valence-electron chi connectivity index (χ0n) is 14.5. The van der Waals surface area contributed by atoms with Gasteiger partial charge in [0.25, 0.3) is 0 Å². The van der Waals surface area contributed by atoms with Gasteiger partial charge in [-0.1, -0.05) is 30.3 Å². The van der Waals surface area contributed by atoms with Gasteiger partial charge in [0, 0.05) is 19.2 Å². The first kappa shape index (κ1) is 17.4. The van der Waals surface area contributed by atoms with Crippen molar-refractivity contribution in [3.05, 3.63) is 35.9 Å². The van der Waals surface area contributed by atoms with Crippen molar-refractivity contribution in [1.82, 2.24) is 4.90 Å². The summed E-state index contributed by atoms with van der Waals surface area (Å²) in [5, 5.41) is 0. The lowest BCUT2D eigenvalue weighted by molar-refractivity contribution is -0.133. The summed E-state index contributed by atoms with van der Waals surface area (Å²) in [7, 11) is 0. The normalized spacial score (nSPS) is 23.8.